The van der Waals surface area contributed by atoms with Crippen LogP contribution in [0, 0.1) is 0 Å². The summed E-state index contributed by atoms with van der Waals surface area (Å²) >= 11 is 0. The number of anilines is 1. The summed E-state index contributed by atoms with van der Waals surface area (Å²) in [4.78, 5) is 40.5. The van der Waals surface area contributed by atoms with E-state index in [1.807, 2.05) is 0 Å². The van der Waals surface area contributed by atoms with Crippen LogP contribution in [-0.2, 0) is 4.74 Å². The molecule has 1 atom stereocenters. The summed E-state index contributed by atoms with van der Waals surface area (Å²) in [6.07, 6.45) is 0. The van der Waals surface area contributed by atoms with Crippen molar-refractivity contribution in [3.63, 3.8) is 0 Å². The molecule has 7 nitrogen and oxygen atoms in total. The number of phenols is 1. The predicted octanol–water partition coefficient (Wildman–Crippen LogP) is 4.43. The van der Waals surface area contributed by atoms with Crippen LogP contribution in [0.1, 0.15) is 45.0 Å². The highest BCUT2D eigenvalue weighted by molar-refractivity contribution is 6.10. The molecule has 0 fully saturated rings. The molecule has 3 aromatic carbocycles. The zero-order valence-electron chi connectivity index (χ0n) is 17.6. The van der Waals surface area contributed by atoms with E-state index in [-0.39, 0.29) is 29.1 Å². The highest BCUT2D eigenvalue weighted by Crippen LogP contribution is 2.41. The molecule has 5 rings (SSSR count). The molecule has 2 heterocycles. The lowest BCUT2D eigenvalue weighted by atomic mass is 9.98. The van der Waals surface area contributed by atoms with Crippen LogP contribution in [0.25, 0.3) is 11.0 Å². The van der Waals surface area contributed by atoms with Crippen LogP contribution in [0.2, 0.25) is 0 Å². The molecule has 4 aromatic rings. The van der Waals surface area contributed by atoms with Crippen molar-refractivity contribution in [2.45, 2.75) is 13.0 Å². The van der Waals surface area contributed by atoms with Gasteiger partial charge in [-0.15, -0.1) is 0 Å². The molecule has 0 spiro atoms. The number of amides is 1. The molecule has 1 aromatic heterocycles. The first-order valence-electron chi connectivity index (χ1n) is 10.4. The number of fused-ring (bicyclic) bond motifs is 2. The fourth-order valence-corrected chi connectivity index (χ4v) is 4.13. The number of carbonyl (C=O) groups is 2. The molecular formula is C26H19NO6. The van der Waals surface area contributed by atoms with Crippen LogP contribution in [0.15, 0.2) is 82.0 Å². The summed E-state index contributed by atoms with van der Waals surface area (Å²) in [5.74, 6) is -0.876. The SMILES string of the molecule is CCOC(=O)c1ccc(N2C(=O)c3oc4ccccc4c(=O)c3C2c2ccc(O)cc2)cc1. The molecule has 1 amide bonds. The van der Waals surface area contributed by atoms with E-state index in [2.05, 4.69) is 0 Å². The number of benzene rings is 3. The Bertz CT molecular complexity index is 1440. The molecule has 1 unspecified atom stereocenters. The molecule has 164 valence electrons. The van der Waals surface area contributed by atoms with Gasteiger partial charge in [0.05, 0.1) is 29.2 Å². The van der Waals surface area contributed by atoms with Gasteiger partial charge in [0.25, 0.3) is 5.91 Å². The van der Waals surface area contributed by atoms with Crippen molar-refractivity contribution in [1.29, 1.82) is 0 Å². The van der Waals surface area contributed by atoms with Crippen molar-refractivity contribution in [3.8, 4) is 5.75 Å². The largest absolute Gasteiger partial charge is 0.508 e. The summed E-state index contributed by atoms with van der Waals surface area (Å²) in [7, 11) is 0. The lowest BCUT2D eigenvalue weighted by Gasteiger charge is -2.25. The molecule has 0 radical (unpaired) electrons. The molecule has 1 aliphatic heterocycles. The highest BCUT2D eigenvalue weighted by atomic mass is 16.5. The fourth-order valence-electron chi connectivity index (χ4n) is 4.13. The van der Waals surface area contributed by atoms with Crippen molar-refractivity contribution in [2.75, 3.05) is 11.5 Å². The Hall–Kier alpha value is -4.39. The van der Waals surface area contributed by atoms with Gasteiger partial charge in [-0.1, -0.05) is 24.3 Å². The maximum absolute atomic E-state index is 13.5. The van der Waals surface area contributed by atoms with Crippen LogP contribution in [0.4, 0.5) is 5.69 Å². The number of nitrogens with zero attached hydrogens (tertiary/aromatic N) is 1. The third-order valence-electron chi connectivity index (χ3n) is 5.64. The van der Waals surface area contributed by atoms with Crippen LogP contribution < -0.4 is 10.3 Å². The zero-order chi connectivity index (χ0) is 23.1. The average Bonchev–Trinajstić information content (AvgIpc) is 3.12. The van der Waals surface area contributed by atoms with Crippen LogP contribution in [0.5, 0.6) is 5.75 Å². The Morgan fingerprint density at radius 3 is 2.39 bits per heavy atom. The fraction of sp³-hybridized carbons (Fsp3) is 0.115. The smallest absolute Gasteiger partial charge is 0.338 e. The molecule has 33 heavy (non-hydrogen) atoms. The lowest BCUT2D eigenvalue weighted by molar-refractivity contribution is 0.0526. The van der Waals surface area contributed by atoms with Gasteiger partial charge in [0.15, 0.2) is 5.43 Å². The standard InChI is InChI=1S/C26H19NO6/c1-2-32-26(31)16-7-11-17(12-8-16)27-22(15-9-13-18(28)14-10-15)21-23(29)19-5-3-4-6-20(19)33-24(21)25(27)30/h3-14,22,28H,2H2,1H3. The quantitative estimate of drug-likeness (QED) is 0.471. The highest BCUT2D eigenvalue weighted by Gasteiger charge is 2.43. The number of carbonyl (C=O) groups excluding carboxylic acids is 2. The maximum atomic E-state index is 13.5. The summed E-state index contributed by atoms with van der Waals surface area (Å²) < 4.78 is 10.9. The van der Waals surface area contributed by atoms with Gasteiger partial charge in [0.2, 0.25) is 5.76 Å². The van der Waals surface area contributed by atoms with Crippen LogP contribution in [-0.4, -0.2) is 23.6 Å². The minimum absolute atomic E-state index is 0.0220. The minimum Gasteiger partial charge on any atom is -0.508 e. The van der Waals surface area contributed by atoms with Crippen molar-refractivity contribution >= 4 is 28.5 Å². The monoisotopic (exact) mass is 441 g/mol. The number of rotatable bonds is 4. The number of ether oxygens (including phenoxy) is 1. The first-order valence-corrected chi connectivity index (χ1v) is 10.4. The Morgan fingerprint density at radius 1 is 1.00 bits per heavy atom. The topological polar surface area (TPSA) is 97.0 Å². The van der Waals surface area contributed by atoms with Gasteiger partial charge in [-0.2, -0.15) is 0 Å². The molecule has 0 saturated heterocycles. The van der Waals surface area contributed by atoms with E-state index in [4.69, 9.17) is 9.15 Å². The lowest BCUT2D eigenvalue weighted by Crippen LogP contribution is -2.29. The van der Waals surface area contributed by atoms with Gasteiger partial charge in [0, 0.05) is 5.69 Å². The van der Waals surface area contributed by atoms with E-state index < -0.39 is 17.9 Å². The normalized spacial score (nSPS) is 15.0. The van der Waals surface area contributed by atoms with Gasteiger partial charge in [-0.3, -0.25) is 14.5 Å². The van der Waals surface area contributed by atoms with Crippen LogP contribution >= 0.6 is 0 Å². The van der Waals surface area contributed by atoms with E-state index in [0.717, 1.165) is 0 Å². The third-order valence-corrected chi connectivity index (χ3v) is 5.64. The molecule has 0 saturated carbocycles. The first kappa shape index (κ1) is 20.5. The van der Waals surface area contributed by atoms with Crippen molar-refractivity contribution < 1.29 is 23.8 Å². The second kappa shape index (κ2) is 7.94. The molecule has 0 bridgehead atoms. The number of hydrogen-bond acceptors (Lipinski definition) is 6. The predicted molar refractivity (Wildman–Crippen MR) is 122 cm³/mol. The number of hydrogen-bond donors (Lipinski definition) is 1. The van der Waals surface area contributed by atoms with Gasteiger partial charge >= 0.3 is 5.97 Å². The Kier molecular flexibility index (Phi) is 4.94. The number of para-hydroxylation sites is 1. The third kappa shape index (κ3) is 3.34. The molecule has 1 aliphatic rings. The number of aromatic hydroxyl groups is 1. The van der Waals surface area contributed by atoms with E-state index in [1.165, 1.54) is 17.0 Å². The number of esters is 1. The first-order chi connectivity index (χ1) is 16.0. The number of phenolic OH excluding ortho intramolecular Hbond substituents is 1. The second-order valence-corrected chi connectivity index (χ2v) is 7.61. The maximum Gasteiger partial charge on any atom is 0.338 e. The second-order valence-electron chi connectivity index (χ2n) is 7.61. The van der Waals surface area contributed by atoms with E-state index in [0.29, 0.717) is 27.8 Å². The Morgan fingerprint density at radius 2 is 1.70 bits per heavy atom. The van der Waals surface area contributed by atoms with Gasteiger partial charge < -0.3 is 14.3 Å². The van der Waals surface area contributed by atoms with Gasteiger partial charge in [0.1, 0.15) is 11.3 Å². The van der Waals surface area contributed by atoms with E-state index in [9.17, 15) is 19.5 Å². The zero-order valence-corrected chi connectivity index (χ0v) is 17.6. The molecule has 7 heteroatoms. The van der Waals surface area contributed by atoms with Crippen LogP contribution in [0.3, 0.4) is 0 Å². The average molecular weight is 441 g/mol. The van der Waals surface area contributed by atoms with Gasteiger partial charge in [-0.25, -0.2) is 4.79 Å². The summed E-state index contributed by atoms with van der Waals surface area (Å²) in [6, 6.07) is 18.8. The van der Waals surface area contributed by atoms with Gasteiger partial charge in [-0.05, 0) is 61.0 Å². The molecule has 1 N–H and O–H groups in total. The van der Waals surface area contributed by atoms with Crippen molar-refractivity contribution in [2.24, 2.45) is 0 Å². The van der Waals surface area contributed by atoms with Crippen molar-refractivity contribution in [1.82, 2.24) is 0 Å². The van der Waals surface area contributed by atoms with E-state index in [1.54, 1.807) is 67.6 Å². The molecule has 0 aliphatic carbocycles. The van der Waals surface area contributed by atoms with E-state index >= 15 is 0 Å². The van der Waals surface area contributed by atoms with Crippen molar-refractivity contribution in [3.05, 3.63) is 105 Å². The molecular weight excluding hydrogens is 422 g/mol. The summed E-state index contributed by atoms with van der Waals surface area (Å²) in [6.45, 7) is 1.98. The Labute approximate surface area is 188 Å². The Balaban J connectivity index is 1.69. The summed E-state index contributed by atoms with van der Waals surface area (Å²) in [5.41, 5.74) is 1.75. The minimum atomic E-state index is -0.762. The summed E-state index contributed by atoms with van der Waals surface area (Å²) in [5, 5.41) is 10.1.